The Labute approximate surface area is 163 Å². The SMILES string of the molecule is COc1ccc(F)cc1C[NH+]1CCN(C(=O)COc2cccc(Cl)c2)CC1. The van der Waals surface area contributed by atoms with E-state index in [1.165, 1.54) is 17.0 Å². The molecule has 0 bridgehead atoms. The quantitative estimate of drug-likeness (QED) is 0.813. The van der Waals surface area contributed by atoms with E-state index in [1.807, 2.05) is 0 Å². The van der Waals surface area contributed by atoms with Gasteiger partial charge >= 0.3 is 0 Å². The number of nitrogens with zero attached hydrogens (tertiary/aromatic N) is 1. The van der Waals surface area contributed by atoms with Crippen LogP contribution in [-0.4, -0.2) is 50.7 Å². The van der Waals surface area contributed by atoms with Crippen molar-refractivity contribution in [2.24, 2.45) is 0 Å². The number of hydrogen-bond acceptors (Lipinski definition) is 3. The number of quaternary nitrogens is 1. The van der Waals surface area contributed by atoms with E-state index in [2.05, 4.69) is 0 Å². The average molecular weight is 394 g/mol. The minimum Gasteiger partial charge on any atom is -0.496 e. The molecule has 0 aliphatic carbocycles. The van der Waals surface area contributed by atoms with Crippen LogP contribution in [0.5, 0.6) is 11.5 Å². The van der Waals surface area contributed by atoms with Crippen molar-refractivity contribution in [3.63, 3.8) is 0 Å². The Kier molecular flexibility index (Phi) is 6.53. The first kappa shape index (κ1) is 19.5. The summed E-state index contributed by atoms with van der Waals surface area (Å²) in [7, 11) is 1.59. The zero-order chi connectivity index (χ0) is 19.2. The van der Waals surface area contributed by atoms with E-state index in [1.54, 1.807) is 42.3 Å². The molecular weight excluding hydrogens is 371 g/mol. The molecule has 144 valence electrons. The second-order valence-electron chi connectivity index (χ2n) is 6.51. The van der Waals surface area contributed by atoms with Gasteiger partial charge in [-0.25, -0.2) is 4.39 Å². The van der Waals surface area contributed by atoms with Crippen LogP contribution >= 0.6 is 11.6 Å². The van der Waals surface area contributed by atoms with Crippen LogP contribution in [0.4, 0.5) is 4.39 Å². The minimum atomic E-state index is -0.267. The molecule has 1 aliphatic heterocycles. The highest BCUT2D eigenvalue weighted by Gasteiger charge is 2.25. The summed E-state index contributed by atoms with van der Waals surface area (Å²) in [6.07, 6.45) is 0. The standard InChI is InChI=1S/C20H22ClFN2O3/c1-26-19-6-5-17(22)11-15(19)13-23-7-9-24(10-8-23)20(25)14-27-18-4-2-3-16(21)12-18/h2-6,11-12H,7-10,13-14H2,1H3/p+1. The van der Waals surface area contributed by atoms with Gasteiger partial charge in [-0.15, -0.1) is 0 Å². The van der Waals surface area contributed by atoms with Crippen LogP contribution in [0.15, 0.2) is 42.5 Å². The number of methoxy groups -OCH3 is 1. The summed E-state index contributed by atoms with van der Waals surface area (Å²) < 4.78 is 24.4. The summed E-state index contributed by atoms with van der Waals surface area (Å²) in [5, 5.41) is 0.574. The first-order valence-corrected chi connectivity index (χ1v) is 9.25. The molecule has 2 aromatic carbocycles. The zero-order valence-corrected chi connectivity index (χ0v) is 16.0. The molecule has 1 heterocycles. The molecule has 1 fully saturated rings. The van der Waals surface area contributed by atoms with Crippen molar-refractivity contribution < 1.29 is 23.6 Å². The third-order valence-corrected chi connectivity index (χ3v) is 4.90. The van der Waals surface area contributed by atoms with Gasteiger partial charge in [0.05, 0.1) is 38.9 Å². The van der Waals surface area contributed by atoms with Crippen molar-refractivity contribution in [2.45, 2.75) is 6.54 Å². The molecule has 2 aromatic rings. The fourth-order valence-corrected chi connectivity index (χ4v) is 3.38. The van der Waals surface area contributed by atoms with Gasteiger partial charge in [-0.3, -0.25) is 4.79 Å². The number of rotatable bonds is 6. The number of carbonyl (C=O) groups is 1. The highest BCUT2D eigenvalue weighted by Crippen LogP contribution is 2.19. The Hall–Kier alpha value is -2.31. The first-order valence-electron chi connectivity index (χ1n) is 8.87. The molecule has 0 radical (unpaired) electrons. The Morgan fingerprint density at radius 2 is 2.00 bits per heavy atom. The maximum atomic E-state index is 13.5. The lowest BCUT2D eigenvalue weighted by atomic mass is 10.1. The molecule has 0 saturated carbocycles. The zero-order valence-electron chi connectivity index (χ0n) is 15.2. The molecule has 0 aromatic heterocycles. The van der Waals surface area contributed by atoms with Gasteiger partial charge in [0.2, 0.25) is 0 Å². The predicted molar refractivity (Wildman–Crippen MR) is 101 cm³/mol. The van der Waals surface area contributed by atoms with E-state index in [0.29, 0.717) is 36.2 Å². The van der Waals surface area contributed by atoms with Gasteiger partial charge in [0.25, 0.3) is 5.91 Å². The van der Waals surface area contributed by atoms with Crippen LogP contribution in [0.1, 0.15) is 5.56 Å². The van der Waals surface area contributed by atoms with Crippen molar-refractivity contribution in [3.8, 4) is 11.5 Å². The van der Waals surface area contributed by atoms with Crippen molar-refractivity contribution in [1.29, 1.82) is 0 Å². The third kappa shape index (κ3) is 5.34. The molecule has 1 amide bonds. The number of amides is 1. The Balaban J connectivity index is 1.48. The van der Waals surface area contributed by atoms with Crippen LogP contribution in [0, 0.1) is 5.82 Å². The first-order chi connectivity index (χ1) is 13.0. The van der Waals surface area contributed by atoms with E-state index < -0.39 is 0 Å². The van der Waals surface area contributed by atoms with Gasteiger partial charge in [-0.05, 0) is 36.4 Å². The lowest BCUT2D eigenvalue weighted by Gasteiger charge is -2.32. The molecule has 0 atom stereocenters. The largest absolute Gasteiger partial charge is 0.496 e. The van der Waals surface area contributed by atoms with E-state index in [-0.39, 0.29) is 18.3 Å². The van der Waals surface area contributed by atoms with Gasteiger partial charge in [-0.1, -0.05) is 17.7 Å². The van der Waals surface area contributed by atoms with E-state index in [0.717, 1.165) is 18.7 Å². The van der Waals surface area contributed by atoms with Crippen molar-refractivity contribution in [1.82, 2.24) is 4.90 Å². The number of benzene rings is 2. The summed E-state index contributed by atoms with van der Waals surface area (Å²) in [6.45, 7) is 3.54. The lowest BCUT2D eigenvalue weighted by Crippen LogP contribution is -3.13. The normalized spacial score (nSPS) is 14.9. The molecule has 5 nitrogen and oxygen atoms in total. The Morgan fingerprint density at radius 3 is 2.70 bits per heavy atom. The fourth-order valence-electron chi connectivity index (χ4n) is 3.20. The van der Waals surface area contributed by atoms with Crippen molar-refractivity contribution in [3.05, 3.63) is 58.9 Å². The molecule has 3 rings (SSSR count). The Morgan fingerprint density at radius 1 is 1.22 bits per heavy atom. The second kappa shape index (κ2) is 9.06. The van der Waals surface area contributed by atoms with E-state index in [9.17, 15) is 9.18 Å². The second-order valence-corrected chi connectivity index (χ2v) is 6.95. The third-order valence-electron chi connectivity index (χ3n) is 4.66. The number of hydrogen-bond donors (Lipinski definition) is 1. The van der Waals surface area contributed by atoms with Crippen LogP contribution in [0.25, 0.3) is 0 Å². The molecule has 0 unspecified atom stereocenters. The minimum absolute atomic E-state index is 0.00655. The number of piperazine rings is 1. The number of halogens is 2. The molecule has 1 saturated heterocycles. The Bertz CT molecular complexity index is 795. The molecule has 0 spiro atoms. The summed E-state index contributed by atoms with van der Waals surface area (Å²) in [4.78, 5) is 15.4. The average Bonchev–Trinajstić information content (AvgIpc) is 2.67. The smallest absolute Gasteiger partial charge is 0.260 e. The summed E-state index contributed by atoms with van der Waals surface area (Å²) >= 11 is 5.91. The number of ether oxygens (including phenoxy) is 2. The highest BCUT2D eigenvalue weighted by molar-refractivity contribution is 6.30. The maximum Gasteiger partial charge on any atom is 0.260 e. The van der Waals surface area contributed by atoms with Crippen molar-refractivity contribution >= 4 is 17.5 Å². The van der Waals surface area contributed by atoms with Gasteiger partial charge < -0.3 is 19.3 Å². The van der Waals surface area contributed by atoms with Gasteiger partial charge in [0, 0.05) is 5.02 Å². The van der Waals surface area contributed by atoms with Gasteiger partial charge in [0.1, 0.15) is 23.9 Å². The van der Waals surface area contributed by atoms with Crippen LogP contribution < -0.4 is 14.4 Å². The summed E-state index contributed by atoms with van der Waals surface area (Å²) in [5.74, 6) is 0.963. The lowest BCUT2D eigenvalue weighted by molar-refractivity contribution is -0.917. The highest BCUT2D eigenvalue weighted by atomic mass is 35.5. The molecular formula is C20H23ClFN2O3+. The van der Waals surface area contributed by atoms with E-state index >= 15 is 0 Å². The molecule has 27 heavy (non-hydrogen) atoms. The molecule has 1 aliphatic rings. The number of nitrogens with one attached hydrogen (secondary N) is 1. The van der Waals surface area contributed by atoms with Crippen LogP contribution in [-0.2, 0) is 11.3 Å². The predicted octanol–water partition coefficient (Wildman–Crippen LogP) is 1.79. The summed E-state index contributed by atoms with van der Waals surface area (Å²) in [5.41, 5.74) is 0.844. The van der Waals surface area contributed by atoms with Crippen LogP contribution in [0.2, 0.25) is 5.02 Å². The van der Waals surface area contributed by atoms with Gasteiger partial charge in [0.15, 0.2) is 6.61 Å². The van der Waals surface area contributed by atoms with Crippen molar-refractivity contribution in [2.75, 3.05) is 39.9 Å². The maximum absolute atomic E-state index is 13.5. The monoisotopic (exact) mass is 393 g/mol. The number of carbonyl (C=O) groups excluding carboxylic acids is 1. The topological polar surface area (TPSA) is 43.2 Å². The van der Waals surface area contributed by atoms with E-state index in [4.69, 9.17) is 21.1 Å². The van der Waals surface area contributed by atoms with Crippen LogP contribution in [0.3, 0.4) is 0 Å². The molecule has 7 heteroatoms. The summed E-state index contributed by atoms with van der Waals surface area (Å²) in [6, 6.07) is 11.6. The fraction of sp³-hybridized carbons (Fsp3) is 0.350. The molecule has 1 N–H and O–H groups in total. The van der Waals surface area contributed by atoms with Gasteiger partial charge in [-0.2, -0.15) is 0 Å².